The summed E-state index contributed by atoms with van der Waals surface area (Å²) in [5.74, 6) is -0.117. The first-order chi connectivity index (χ1) is 11.6. The number of nitrogens with zero attached hydrogens (tertiary/aromatic N) is 2. The molecule has 0 saturated carbocycles. The number of hydrogen-bond donors (Lipinski definition) is 1. The summed E-state index contributed by atoms with van der Waals surface area (Å²) in [6, 6.07) is 10.2. The highest BCUT2D eigenvalue weighted by atomic mass is 16.2. The van der Waals surface area contributed by atoms with Crippen molar-refractivity contribution in [2.24, 2.45) is 0 Å². The molecule has 4 amide bonds. The number of likely N-dealkylation sites (tertiary alicyclic amines) is 1. The molecule has 2 heterocycles. The zero-order valence-electron chi connectivity index (χ0n) is 13.7. The molecule has 0 bridgehead atoms. The van der Waals surface area contributed by atoms with E-state index >= 15 is 0 Å². The maximum absolute atomic E-state index is 12.5. The summed E-state index contributed by atoms with van der Waals surface area (Å²) in [5, 5.41) is 2.25. The Balaban J connectivity index is 1.47. The van der Waals surface area contributed by atoms with Gasteiger partial charge in [0.15, 0.2) is 0 Å². The Bertz CT molecular complexity index is 617. The molecule has 2 fully saturated rings. The van der Waals surface area contributed by atoms with Gasteiger partial charge in [0.25, 0.3) is 0 Å². The number of urea groups is 1. The molecule has 0 spiro atoms. The van der Waals surface area contributed by atoms with Crippen LogP contribution in [-0.4, -0.2) is 53.3 Å². The zero-order chi connectivity index (χ0) is 16.9. The van der Waals surface area contributed by atoms with Crippen molar-refractivity contribution in [1.29, 1.82) is 0 Å². The Labute approximate surface area is 141 Å². The summed E-state index contributed by atoms with van der Waals surface area (Å²) in [6.07, 6.45) is 4.00. The maximum atomic E-state index is 12.5. The molecule has 2 aliphatic heterocycles. The first kappa shape index (κ1) is 16.5. The molecule has 3 rings (SSSR count). The van der Waals surface area contributed by atoms with Crippen LogP contribution >= 0.6 is 0 Å². The molecule has 1 aromatic rings. The lowest BCUT2D eigenvalue weighted by Crippen LogP contribution is -2.37. The molecule has 1 unspecified atom stereocenters. The summed E-state index contributed by atoms with van der Waals surface area (Å²) in [7, 11) is 0. The molecule has 6 nitrogen and oxygen atoms in total. The van der Waals surface area contributed by atoms with Gasteiger partial charge in [-0.2, -0.15) is 0 Å². The van der Waals surface area contributed by atoms with Crippen molar-refractivity contribution in [3.63, 3.8) is 0 Å². The van der Waals surface area contributed by atoms with Gasteiger partial charge in [-0.25, -0.2) is 4.79 Å². The van der Waals surface area contributed by atoms with E-state index in [9.17, 15) is 14.4 Å². The molecule has 0 aromatic heterocycles. The van der Waals surface area contributed by atoms with Crippen molar-refractivity contribution in [3.05, 3.63) is 35.9 Å². The lowest BCUT2D eigenvalue weighted by atomic mass is 10.0. The van der Waals surface area contributed by atoms with Crippen LogP contribution in [0.25, 0.3) is 0 Å². The number of amides is 4. The summed E-state index contributed by atoms with van der Waals surface area (Å²) in [6.45, 7) is 1.37. The first-order valence-corrected chi connectivity index (χ1v) is 8.55. The number of hydrogen-bond acceptors (Lipinski definition) is 3. The molecule has 128 valence electrons. The monoisotopic (exact) mass is 329 g/mol. The van der Waals surface area contributed by atoms with Crippen molar-refractivity contribution < 1.29 is 14.4 Å². The second-order valence-corrected chi connectivity index (χ2v) is 6.45. The van der Waals surface area contributed by atoms with Gasteiger partial charge in [0.2, 0.25) is 11.8 Å². The van der Waals surface area contributed by atoms with Crippen LogP contribution in [0.5, 0.6) is 0 Å². The molecule has 0 radical (unpaired) electrons. The average Bonchev–Trinajstić information content (AvgIpc) is 3.15. The van der Waals surface area contributed by atoms with E-state index in [1.807, 2.05) is 23.1 Å². The maximum Gasteiger partial charge on any atom is 0.324 e. The SMILES string of the molecule is O=C1CN(CCCC(=O)N2CCCC2Cc2ccccc2)C(=O)N1. The predicted molar refractivity (Wildman–Crippen MR) is 89.2 cm³/mol. The van der Waals surface area contributed by atoms with Crippen LogP contribution in [0.1, 0.15) is 31.2 Å². The Kier molecular flexibility index (Phi) is 5.13. The summed E-state index contributed by atoms with van der Waals surface area (Å²) in [4.78, 5) is 38.6. The van der Waals surface area contributed by atoms with Crippen LogP contribution in [0.2, 0.25) is 0 Å². The lowest BCUT2D eigenvalue weighted by molar-refractivity contribution is -0.132. The summed E-state index contributed by atoms with van der Waals surface area (Å²) < 4.78 is 0. The number of carbonyl (C=O) groups excluding carboxylic acids is 3. The molecular formula is C18H23N3O3. The van der Waals surface area contributed by atoms with Gasteiger partial charge in [0.05, 0.1) is 0 Å². The average molecular weight is 329 g/mol. The lowest BCUT2D eigenvalue weighted by Gasteiger charge is -2.25. The van der Waals surface area contributed by atoms with Crippen molar-refractivity contribution in [3.8, 4) is 0 Å². The van der Waals surface area contributed by atoms with Crippen LogP contribution in [0.4, 0.5) is 4.79 Å². The van der Waals surface area contributed by atoms with Crippen molar-refractivity contribution in [2.45, 2.75) is 38.1 Å². The topological polar surface area (TPSA) is 69.7 Å². The highest BCUT2D eigenvalue weighted by molar-refractivity contribution is 6.01. The van der Waals surface area contributed by atoms with Gasteiger partial charge in [-0.1, -0.05) is 30.3 Å². The minimum atomic E-state index is -0.351. The molecule has 2 saturated heterocycles. The van der Waals surface area contributed by atoms with E-state index in [1.165, 1.54) is 10.5 Å². The van der Waals surface area contributed by atoms with Gasteiger partial charge in [0.1, 0.15) is 6.54 Å². The fourth-order valence-electron chi connectivity index (χ4n) is 3.49. The first-order valence-electron chi connectivity index (χ1n) is 8.55. The van der Waals surface area contributed by atoms with Crippen molar-refractivity contribution >= 4 is 17.8 Å². The van der Waals surface area contributed by atoms with E-state index in [0.717, 1.165) is 25.8 Å². The van der Waals surface area contributed by atoms with Gasteiger partial charge in [-0.05, 0) is 31.2 Å². The van der Waals surface area contributed by atoms with E-state index in [4.69, 9.17) is 0 Å². The number of rotatable bonds is 6. The van der Waals surface area contributed by atoms with E-state index in [2.05, 4.69) is 17.4 Å². The third kappa shape index (κ3) is 3.93. The van der Waals surface area contributed by atoms with E-state index in [1.54, 1.807) is 0 Å². The minimum Gasteiger partial charge on any atom is -0.339 e. The van der Waals surface area contributed by atoms with Gasteiger partial charge in [-0.15, -0.1) is 0 Å². The molecule has 1 atom stereocenters. The summed E-state index contributed by atoms with van der Waals surface area (Å²) in [5.41, 5.74) is 1.26. The Morgan fingerprint density at radius 3 is 2.71 bits per heavy atom. The van der Waals surface area contributed by atoms with E-state index in [-0.39, 0.29) is 30.4 Å². The highest BCUT2D eigenvalue weighted by Gasteiger charge is 2.29. The second-order valence-electron chi connectivity index (χ2n) is 6.45. The standard InChI is InChI=1S/C18H23N3O3/c22-16-13-20(18(24)19-16)10-5-9-17(23)21-11-4-8-15(21)12-14-6-2-1-3-7-14/h1-3,6-7,15H,4-5,8-13H2,(H,19,22,24). The van der Waals surface area contributed by atoms with Crippen LogP contribution < -0.4 is 5.32 Å². The van der Waals surface area contributed by atoms with Crippen LogP contribution in [-0.2, 0) is 16.0 Å². The fourth-order valence-corrected chi connectivity index (χ4v) is 3.49. The van der Waals surface area contributed by atoms with Crippen LogP contribution in [0.15, 0.2) is 30.3 Å². The zero-order valence-corrected chi connectivity index (χ0v) is 13.7. The third-order valence-corrected chi connectivity index (χ3v) is 4.70. The largest absolute Gasteiger partial charge is 0.339 e. The number of imide groups is 1. The van der Waals surface area contributed by atoms with Crippen LogP contribution in [0.3, 0.4) is 0 Å². The molecule has 6 heteroatoms. The smallest absolute Gasteiger partial charge is 0.324 e. The Morgan fingerprint density at radius 1 is 1.21 bits per heavy atom. The molecule has 1 aromatic carbocycles. The Hall–Kier alpha value is -2.37. The molecule has 24 heavy (non-hydrogen) atoms. The number of nitrogens with one attached hydrogen (secondary N) is 1. The number of carbonyl (C=O) groups is 3. The van der Waals surface area contributed by atoms with E-state index in [0.29, 0.717) is 19.4 Å². The molecule has 1 N–H and O–H groups in total. The van der Waals surface area contributed by atoms with Crippen molar-refractivity contribution in [1.82, 2.24) is 15.1 Å². The molecule has 2 aliphatic rings. The predicted octanol–water partition coefficient (Wildman–Crippen LogP) is 1.55. The normalized spacial score (nSPS) is 20.6. The molecular weight excluding hydrogens is 306 g/mol. The highest BCUT2D eigenvalue weighted by Crippen LogP contribution is 2.22. The fraction of sp³-hybridized carbons (Fsp3) is 0.500. The number of benzene rings is 1. The third-order valence-electron chi connectivity index (χ3n) is 4.70. The summed E-state index contributed by atoms with van der Waals surface area (Å²) >= 11 is 0. The van der Waals surface area contributed by atoms with E-state index < -0.39 is 0 Å². The van der Waals surface area contributed by atoms with Gasteiger partial charge < -0.3 is 9.80 Å². The van der Waals surface area contributed by atoms with Gasteiger partial charge >= 0.3 is 6.03 Å². The molecule has 0 aliphatic carbocycles. The minimum absolute atomic E-state index is 0.105. The second kappa shape index (κ2) is 7.47. The van der Waals surface area contributed by atoms with Crippen LogP contribution in [0, 0.1) is 0 Å². The van der Waals surface area contributed by atoms with Crippen molar-refractivity contribution in [2.75, 3.05) is 19.6 Å². The van der Waals surface area contributed by atoms with Gasteiger partial charge in [-0.3, -0.25) is 14.9 Å². The Morgan fingerprint density at radius 2 is 2.00 bits per heavy atom. The van der Waals surface area contributed by atoms with Gasteiger partial charge in [0, 0.05) is 25.6 Å². The quantitative estimate of drug-likeness (QED) is 0.805.